The van der Waals surface area contributed by atoms with Crippen molar-refractivity contribution in [3.8, 4) is 0 Å². The number of rotatable bonds is 2. The molecule has 0 aliphatic carbocycles. The van der Waals surface area contributed by atoms with E-state index in [1.165, 1.54) is 12.1 Å². The molecule has 1 fully saturated rings. The lowest BCUT2D eigenvalue weighted by molar-refractivity contribution is -0.126. The zero-order valence-electron chi connectivity index (χ0n) is 10.2. The van der Waals surface area contributed by atoms with E-state index < -0.39 is 15.9 Å². The summed E-state index contributed by atoms with van der Waals surface area (Å²) in [5.41, 5.74) is 1.32. The first-order valence-corrected chi connectivity index (χ1v) is 7.19. The van der Waals surface area contributed by atoms with Crippen LogP contribution in [0, 0.1) is 6.92 Å². The van der Waals surface area contributed by atoms with Gasteiger partial charge in [0.15, 0.2) is 0 Å². The van der Waals surface area contributed by atoms with E-state index in [0.717, 1.165) is 9.87 Å². The van der Waals surface area contributed by atoms with Crippen molar-refractivity contribution in [2.45, 2.75) is 31.1 Å². The smallest absolute Gasteiger partial charge is 0.270 e. The third-order valence-electron chi connectivity index (χ3n) is 2.93. The van der Waals surface area contributed by atoms with Gasteiger partial charge in [-0.25, -0.2) is 12.7 Å². The predicted octanol–water partition coefficient (Wildman–Crippen LogP) is 2.21. The molecular weight excluding hydrogens is 250 g/mol. The fourth-order valence-corrected chi connectivity index (χ4v) is 3.42. The summed E-state index contributed by atoms with van der Waals surface area (Å²) in [6.07, 6.45) is 1.46. The Kier molecular flexibility index (Phi) is 3.26. The van der Waals surface area contributed by atoms with Crippen LogP contribution in [0.2, 0.25) is 0 Å². The summed E-state index contributed by atoms with van der Waals surface area (Å²) < 4.78 is 25.6. The molecule has 5 heteroatoms. The molecule has 1 aliphatic rings. The third-order valence-corrected chi connectivity index (χ3v) is 4.74. The quantitative estimate of drug-likeness (QED) is 0.823. The predicted molar refractivity (Wildman–Crippen MR) is 68.2 cm³/mol. The Balaban J connectivity index is 2.44. The number of hydrogen-bond acceptors (Lipinski definition) is 3. The molecule has 0 N–H and O–H groups in total. The molecule has 1 aromatic carbocycles. The maximum absolute atomic E-state index is 12.4. The molecule has 1 amide bonds. The normalized spacial score (nSPS) is 17.1. The standard InChI is InChI=1S/C13H15NO3S/c1-10-6-8-12(9-7-10)18(16,17)14-11(2)4-3-5-13(14)15/h6-9H,2-5H2,1H3. The van der Waals surface area contributed by atoms with Gasteiger partial charge in [-0.1, -0.05) is 24.3 Å². The highest BCUT2D eigenvalue weighted by atomic mass is 32.2. The maximum Gasteiger partial charge on any atom is 0.270 e. The van der Waals surface area contributed by atoms with Gasteiger partial charge in [0.25, 0.3) is 10.0 Å². The average molecular weight is 265 g/mol. The molecule has 4 nitrogen and oxygen atoms in total. The van der Waals surface area contributed by atoms with Crippen molar-refractivity contribution in [2.24, 2.45) is 0 Å². The summed E-state index contributed by atoms with van der Waals surface area (Å²) in [5, 5.41) is 0. The fourth-order valence-electron chi connectivity index (χ4n) is 1.94. The van der Waals surface area contributed by atoms with Gasteiger partial charge < -0.3 is 0 Å². The van der Waals surface area contributed by atoms with E-state index >= 15 is 0 Å². The van der Waals surface area contributed by atoms with Gasteiger partial charge in [-0.05, 0) is 31.9 Å². The molecule has 0 radical (unpaired) electrons. The number of sulfonamides is 1. The minimum atomic E-state index is -3.79. The molecule has 96 valence electrons. The minimum Gasteiger partial charge on any atom is -0.273 e. The molecule has 0 bridgehead atoms. The molecule has 0 spiro atoms. The van der Waals surface area contributed by atoms with Crippen LogP contribution in [0.4, 0.5) is 0 Å². The van der Waals surface area contributed by atoms with Crippen molar-refractivity contribution in [1.82, 2.24) is 4.31 Å². The van der Waals surface area contributed by atoms with E-state index in [1.54, 1.807) is 12.1 Å². The van der Waals surface area contributed by atoms with Crippen LogP contribution < -0.4 is 0 Å². The van der Waals surface area contributed by atoms with Crippen LogP contribution in [0.25, 0.3) is 0 Å². The molecule has 1 heterocycles. The molecule has 2 rings (SSSR count). The second-order valence-electron chi connectivity index (χ2n) is 4.40. The topological polar surface area (TPSA) is 54.5 Å². The van der Waals surface area contributed by atoms with Crippen LogP contribution in [-0.2, 0) is 14.8 Å². The van der Waals surface area contributed by atoms with Gasteiger partial charge in [-0.3, -0.25) is 4.79 Å². The number of carbonyl (C=O) groups is 1. The van der Waals surface area contributed by atoms with Gasteiger partial charge in [0, 0.05) is 12.1 Å². The number of piperidine rings is 1. The summed E-state index contributed by atoms with van der Waals surface area (Å²) in [4.78, 5) is 11.9. The van der Waals surface area contributed by atoms with Crippen molar-refractivity contribution < 1.29 is 13.2 Å². The van der Waals surface area contributed by atoms with Crippen molar-refractivity contribution in [1.29, 1.82) is 0 Å². The molecule has 0 unspecified atom stereocenters. The molecule has 1 aromatic rings. The Morgan fingerprint density at radius 1 is 1.17 bits per heavy atom. The Bertz CT molecular complexity index is 571. The van der Waals surface area contributed by atoms with Crippen molar-refractivity contribution in [3.63, 3.8) is 0 Å². The van der Waals surface area contributed by atoms with Crippen LogP contribution in [-0.4, -0.2) is 18.6 Å². The first-order valence-electron chi connectivity index (χ1n) is 5.75. The Morgan fingerprint density at radius 2 is 1.78 bits per heavy atom. The first-order chi connectivity index (χ1) is 8.43. The number of hydrogen-bond donors (Lipinski definition) is 0. The van der Waals surface area contributed by atoms with Crippen LogP contribution >= 0.6 is 0 Å². The van der Waals surface area contributed by atoms with E-state index in [4.69, 9.17) is 0 Å². The number of amides is 1. The highest BCUT2D eigenvalue weighted by Crippen LogP contribution is 2.27. The highest BCUT2D eigenvalue weighted by Gasteiger charge is 2.33. The van der Waals surface area contributed by atoms with Gasteiger partial charge in [-0.2, -0.15) is 0 Å². The van der Waals surface area contributed by atoms with E-state index in [1.807, 2.05) is 6.92 Å². The number of nitrogens with zero attached hydrogens (tertiary/aromatic N) is 1. The largest absolute Gasteiger partial charge is 0.273 e. The zero-order chi connectivity index (χ0) is 13.3. The zero-order valence-corrected chi connectivity index (χ0v) is 11.0. The van der Waals surface area contributed by atoms with E-state index in [0.29, 0.717) is 18.5 Å². The molecule has 1 aliphatic heterocycles. The SMILES string of the molecule is C=C1CCCC(=O)N1S(=O)(=O)c1ccc(C)cc1. The first kappa shape index (κ1) is 12.8. The van der Waals surface area contributed by atoms with Crippen LogP contribution in [0.15, 0.2) is 41.4 Å². The molecular formula is C13H15NO3S. The second kappa shape index (κ2) is 4.57. The van der Waals surface area contributed by atoms with Crippen molar-refractivity contribution in [2.75, 3.05) is 0 Å². The van der Waals surface area contributed by atoms with Gasteiger partial charge in [0.05, 0.1) is 4.90 Å². The van der Waals surface area contributed by atoms with Gasteiger partial charge in [0.2, 0.25) is 5.91 Å². The van der Waals surface area contributed by atoms with E-state index in [9.17, 15) is 13.2 Å². The molecule has 18 heavy (non-hydrogen) atoms. The molecule has 0 aromatic heterocycles. The Morgan fingerprint density at radius 3 is 2.33 bits per heavy atom. The van der Waals surface area contributed by atoms with Gasteiger partial charge in [0.1, 0.15) is 0 Å². The lowest BCUT2D eigenvalue weighted by Crippen LogP contribution is -2.38. The lowest BCUT2D eigenvalue weighted by atomic mass is 10.1. The third kappa shape index (κ3) is 2.18. The lowest BCUT2D eigenvalue weighted by Gasteiger charge is -2.28. The molecule has 0 atom stereocenters. The van der Waals surface area contributed by atoms with Crippen molar-refractivity contribution >= 4 is 15.9 Å². The van der Waals surface area contributed by atoms with Crippen molar-refractivity contribution in [3.05, 3.63) is 42.1 Å². The van der Waals surface area contributed by atoms with Crippen LogP contribution in [0.1, 0.15) is 24.8 Å². The van der Waals surface area contributed by atoms with Gasteiger partial charge in [-0.15, -0.1) is 0 Å². The summed E-state index contributed by atoms with van der Waals surface area (Å²) in [6, 6.07) is 6.45. The minimum absolute atomic E-state index is 0.129. The van der Waals surface area contributed by atoms with Crippen LogP contribution in [0.3, 0.4) is 0 Å². The van der Waals surface area contributed by atoms with Crippen LogP contribution in [0.5, 0.6) is 0 Å². The number of aryl methyl sites for hydroxylation is 1. The Hall–Kier alpha value is -1.62. The number of allylic oxidation sites excluding steroid dienone is 1. The molecule has 1 saturated heterocycles. The molecule has 0 saturated carbocycles. The average Bonchev–Trinajstić information content (AvgIpc) is 2.29. The van der Waals surface area contributed by atoms with Gasteiger partial charge >= 0.3 is 0 Å². The maximum atomic E-state index is 12.4. The van der Waals surface area contributed by atoms with E-state index in [2.05, 4.69) is 6.58 Å². The summed E-state index contributed by atoms with van der Waals surface area (Å²) in [7, 11) is -3.79. The second-order valence-corrected chi connectivity index (χ2v) is 6.18. The number of carbonyl (C=O) groups excluding carboxylic acids is 1. The number of benzene rings is 1. The Labute approximate surface area is 107 Å². The summed E-state index contributed by atoms with van der Waals surface area (Å²) in [6.45, 7) is 5.56. The summed E-state index contributed by atoms with van der Waals surface area (Å²) in [5.74, 6) is -0.396. The fraction of sp³-hybridized carbons (Fsp3) is 0.308. The summed E-state index contributed by atoms with van der Waals surface area (Å²) >= 11 is 0. The van der Waals surface area contributed by atoms with E-state index in [-0.39, 0.29) is 11.3 Å². The monoisotopic (exact) mass is 265 g/mol. The highest BCUT2D eigenvalue weighted by molar-refractivity contribution is 7.89.